The molecule has 0 spiro atoms. The summed E-state index contributed by atoms with van der Waals surface area (Å²) in [6.07, 6.45) is 3.53. The number of hydrogen-bond donors (Lipinski definition) is 1. The molecule has 0 atom stereocenters. The van der Waals surface area contributed by atoms with E-state index in [9.17, 15) is 15.2 Å². The van der Waals surface area contributed by atoms with Crippen LogP contribution in [0.25, 0.3) is 0 Å². The minimum absolute atomic E-state index is 0.0177. The van der Waals surface area contributed by atoms with Gasteiger partial charge < -0.3 is 5.11 Å². The topological polar surface area (TPSA) is 69.3 Å². The van der Waals surface area contributed by atoms with Crippen molar-refractivity contribution in [3.63, 3.8) is 0 Å². The van der Waals surface area contributed by atoms with E-state index in [0.29, 0.717) is 17.7 Å². The Bertz CT molecular complexity index is 844. The molecule has 1 N–H and O–H groups in total. The van der Waals surface area contributed by atoms with E-state index in [0.717, 1.165) is 31.5 Å². The van der Waals surface area contributed by atoms with E-state index >= 15 is 0 Å². The number of aromatic hydroxyl groups is 1. The first-order valence-electron chi connectivity index (χ1n) is 8.73. The molecule has 2 heterocycles. The maximum Gasteiger partial charge on any atom is 0.271 e. The van der Waals surface area contributed by atoms with Gasteiger partial charge in [-0.05, 0) is 44.0 Å². The second-order valence-electron chi connectivity index (χ2n) is 6.63. The standard InChI is InChI=1S/C20H23N3O2/c1-15-17(12-21)19(24)23(13-16-8-4-2-5-9-16)20(25)18(15)14-22-10-6-3-7-11-22/h2,4-5,8-9,25H,3,6-7,10-11,13-14H2,1H3. The van der Waals surface area contributed by atoms with Crippen LogP contribution in [-0.4, -0.2) is 27.7 Å². The molecule has 5 heteroatoms. The van der Waals surface area contributed by atoms with Gasteiger partial charge in [0.1, 0.15) is 11.6 Å². The van der Waals surface area contributed by atoms with Crippen LogP contribution in [0.5, 0.6) is 5.88 Å². The average molecular weight is 337 g/mol. The van der Waals surface area contributed by atoms with Gasteiger partial charge >= 0.3 is 0 Å². The molecule has 1 fully saturated rings. The minimum Gasteiger partial charge on any atom is -0.494 e. The fourth-order valence-corrected chi connectivity index (χ4v) is 3.45. The lowest BCUT2D eigenvalue weighted by molar-refractivity contribution is 0.216. The molecule has 0 saturated carbocycles. The number of likely N-dealkylation sites (tertiary alicyclic amines) is 1. The highest BCUT2D eigenvalue weighted by atomic mass is 16.3. The van der Waals surface area contributed by atoms with Crippen LogP contribution in [0.4, 0.5) is 0 Å². The number of pyridine rings is 1. The fourth-order valence-electron chi connectivity index (χ4n) is 3.45. The van der Waals surface area contributed by atoms with Crippen molar-refractivity contribution in [2.45, 2.75) is 39.3 Å². The van der Waals surface area contributed by atoms with Gasteiger partial charge in [0.05, 0.1) is 6.54 Å². The smallest absolute Gasteiger partial charge is 0.271 e. The summed E-state index contributed by atoms with van der Waals surface area (Å²) in [6, 6.07) is 11.5. The lowest BCUT2D eigenvalue weighted by Crippen LogP contribution is -2.32. The van der Waals surface area contributed by atoms with E-state index in [-0.39, 0.29) is 18.0 Å². The monoisotopic (exact) mass is 337 g/mol. The molecule has 2 aromatic rings. The maximum absolute atomic E-state index is 12.7. The predicted molar refractivity (Wildman–Crippen MR) is 96.5 cm³/mol. The van der Waals surface area contributed by atoms with E-state index in [2.05, 4.69) is 4.90 Å². The Morgan fingerprint density at radius 3 is 2.44 bits per heavy atom. The maximum atomic E-state index is 12.7. The summed E-state index contributed by atoms with van der Waals surface area (Å²) in [5, 5.41) is 20.2. The summed E-state index contributed by atoms with van der Waals surface area (Å²) < 4.78 is 1.32. The number of nitrogens with zero attached hydrogens (tertiary/aromatic N) is 3. The lowest BCUT2D eigenvalue weighted by atomic mass is 10.0. The Labute approximate surface area is 147 Å². The number of rotatable bonds is 4. The second-order valence-corrected chi connectivity index (χ2v) is 6.63. The van der Waals surface area contributed by atoms with Gasteiger partial charge in [-0.25, -0.2) is 0 Å². The van der Waals surface area contributed by atoms with E-state index in [1.165, 1.54) is 11.0 Å². The third kappa shape index (κ3) is 3.59. The molecular formula is C20H23N3O2. The first-order valence-corrected chi connectivity index (χ1v) is 8.73. The van der Waals surface area contributed by atoms with Crippen LogP contribution in [0.15, 0.2) is 35.1 Å². The van der Waals surface area contributed by atoms with Crippen molar-refractivity contribution in [1.82, 2.24) is 9.47 Å². The minimum atomic E-state index is -0.427. The van der Waals surface area contributed by atoms with Gasteiger partial charge in [-0.15, -0.1) is 0 Å². The molecule has 0 bridgehead atoms. The van der Waals surface area contributed by atoms with Crippen molar-refractivity contribution in [2.75, 3.05) is 13.1 Å². The number of aromatic nitrogens is 1. The summed E-state index contributed by atoms with van der Waals surface area (Å²) in [5.74, 6) is -0.0177. The van der Waals surface area contributed by atoms with Crippen LogP contribution in [0, 0.1) is 18.3 Å². The molecule has 0 amide bonds. The summed E-state index contributed by atoms with van der Waals surface area (Å²) in [4.78, 5) is 14.9. The highest BCUT2D eigenvalue weighted by Crippen LogP contribution is 2.25. The molecule has 1 aromatic heterocycles. The molecule has 130 valence electrons. The lowest BCUT2D eigenvalue weighted by Gasteiger charge is -2.28. The first kappa shape index (κ1) is 17.2. The summed E-state index contributed by atoms with van der Waals surface area (Å²) >= 11 is 0. The van der Waals surface area contributed by atoms with Gasteiger partial charge in [-0.3, -0.25) is 14.3 Å². The SMILES string of the molecule is Cc1c(CN2CCCCC2)c(O)n(Cc2ccccc2)c(=O)c1C#N. The molecule has 0 aliphatic carbocycles. The Kier molecular flexibility index (Phi) is 5.20. The van der Waals surface area contributed by atoms with Crippen LogP contribution >= 0.6 is 0 Å². The number of piperidine rings is 1. The molecule has 5 nitrogen and oxygen atoms in total. The van der Waals surface area contributed by atoms with E-state index < -0.39 is 5.56 Å². The van der Waals surface area contributed by atoms with Crippen LogP contribution < -0.4 is 5.56 Å². The molecular weight excluding hydrogens is 314 g/mol. The van der Waals surface area contributed by atoms with Crippen LogP contribution in [0.3, 0.4) is 0 Å². The molecule has 1 aliphatic rings. The zero-order chi connectivity index (χ0) is 17.8. The van der Waals surface area contributed by atoms with Crippen LogP contribution in [-0.2, 0) is 13.1 Å². The van der Waals surface area contributed by atoms with E-state index in [4.69, 9.17) is 0 Å². The van der Waals surface area contributed by atoms with Crippen molar-refractivity contribution in [3.05, 3.63) is 62.9 Å². The molecule has 1 aromatic carbocycles. The molecule has 0 unspecified atom stereocenters. The van der Waals surface area contributed by atoms with Gasteiger partial charge in [0.15, 0.2) is 5.88 Å². The third-order valence-electron chi connectivity index (χ3n) is 4.94. The van der Waals surface area contributed by atoms with Gasteiger partial charge in [0.25, 0.3) is 5.56 Å². The third-order valence-corrected chi connectivity index (χ3v) is 4.94. The number of hydrogen-bond acceptors (Lipinski definition) is 4. The highest BCUT2D eigenvalue weighted by Gasteiger charge is 2.21. The Morgan fingerprint density at radius 2 is 1.80 bits per heavy atom. The zero-order valence-electron chi connectivity index (χ0n) is 14.5. The van der Waals surface area contributed by atoms with Crippen molar-refractivity contribution in [3.8, 4) is 11.9 Å². The largest absolute Gasteiger partial charge is 0.494 e. The predicted octanol–water partition coefficient (Wildman–Crippen LogP) is 2.77. The quantitative estimate of drug-likeness (QED) is 0.931. The van der Waals surface area contributed by atoms with Crippen molar-refractivity contribution in [2.24, 2.45) is 0 Å². The first-order chi connectivity index (χ1) is 12.1. The fraction of sp³-hybridized carbons (Fsp3) is 0.400. The van der Waals surface area contributed by atoms with Crippen molar-refractivity contribution < 1.29 is 5.11 Å². The van der Waals surface area contributed by atoms with E-state index in [1.807, 2.05) is 36.4 Å². The molecule has 0 radical (unpaired) electrons. The van der Waals surface area contributed by atoms with E-state index in [1.54, 1.807) is 6.92 Å². The average Bonchev–Trinajstić information content (AvgIpc) is 2.64. The van der Waals surface area contributed by atoms with Gasteiger partial charge in [-0.1, -0.05) is 36.8 Å². The summed E-state index contributed by atoms with van der Waals surface area (Å²) in [6.45, 7) is 4.55. The van der Waals surface area contributed by atoms with Crippen molar-refractivity contribution in [1.29, 1.82) is 5.26 Å². The molecule has 3 rings (SSSR count). The van der Waals surface area contributed by atoms with Gasteiger partial charge in [0.2, 0.25) is 0 Å². The van der Waals surface area contributed by atoms with Gasteiger partial charge in [0, 0.05) is 12.1 Å². The Hall–Kier alpha value is -2.58. The van der Waals surface area contributed by atoms with Crippen molar-refractivity contribution >= 4 is 0 Å². The number of nitriles is 1. The van der Waals surface area contributed by atoms with Crippen LogP contribution in [0.1, 0.15) is 41.5 Å². The Morgan fingerprint density at radius 1 is 1.12 bits per heavy atom. The number of benzene rings is 1. The van der Waals surface area contributed by atoms with Crippen LogP contribution in [0.2, 0.25) is 0 Å². The highest BCUT2D eigenvalue weighted by molar-refractivity contribution is 5.45. The summed E-state index contributed by atoms with van der Waals surface area (Å²) in [7, 11) is 0. The van der Waals surface area contributed by atoms with Gasteiger partial charge in [-0.2, -0.15) is 5.26 Å². The molecule has 1 aliphatic heterocycles. The molecule has 25 heavy (non-hydrogen) atoms. The normalized spacial score (nSPS) is 15.0. The summed E-state index contributed by atoms with van der Waals surface area (Å²) in [5.41, 5.74) is 1.90. The second kappa shape index (κ2) is 7.54. The Balaban J connectivity index is 2.03. The zero-order valence-corrected chi connectivity index (χ0v) is 14.5. The molecule has 1 saturated heterocycles.